The zero-order valence-corrected chi connectivity index (χ0v) is 8.87. The van der Waals surface area contributed by atoms with E-state index in [1.54, 1.807) is 0 Å². The molecule has 0 aromatic carbocycles. The van der Waals surface area contributed by atoms with Crippen LogP contribution < -0.4 is 0 Å². The van der Waals surface area contributed by atoms with Crippen LogP contribution in [-0.2, 0) is 6.54 Å². The topological polar surface area (TPSA) is 17.3 Å². The molecule has 1 aromatic heterocycles. The van der Waals surface area contributed by atoms with Gasteiger partial charge in [0.15, 0.2) is 0 Å². The van der Waals surface area contributed by atoms with Crippen molar-refractivity contribution < 1.29 is 0 Å². The van der Waals surface area contributed by atoms with Crippen LogP contribution in [0.1, 0.15) is 38.3 Å². The van der Waals surface area contributed by atoms with E-state index < -0.39 is 0 Å². The molecular weight excluding hydrogens is 172 g/mol. The number of unbranched alkanes of at least 4 members (excludes halogenated alkanes) is 1. The quantitative estimate of drug-likeness (QED) is 0.694. The number of rotatable bonds is 4. The first kappa shape index (κ1) is 9.50. The Morgan fingerprint density at radius 3 is 3.14 bits per heavy atom. The molecular formula is C12H18N2. The van der Waals surface area contributed by atoms with Gasteiger partial charge in [-0.05, 0) is 31.4 Å². The molecule has 1 aliphatic heterocycles. The van der Waals surface area contributed by atoms with E-state index in [9.17, 15) is 0 Å². The Balaban J connectivity index is 2.12. The van der Waals surface area contributed by atoms with E-state index in [0.717, 1.165) is 19.5 Å². The molecule has 1 aliphatic rings. The van der Waals surface area contributed by atoms with E-state index in [2.05, 4.69) is 34.8 Å². The summed E-state index contributed by atoms with van der Waals surface area (Å²) < 4.78 is 2.34. The highest BCUT2D eigenvalue weighted by Gasteiger charge is 2.11. The monoisotopic (exact) mass is 190 g/mol. The van der Waals surface area contributed by atoms with Crippen LogP contribution in [0.25, 0.3) is 0 Å². The van der Waals surface area contributed by atoms with Crippen molar-refractivity contribution in [2.45, 2.75) is 39.2 Å². The Hall–Kier alpha value is -1.05. The van der Waals surface area contributed by atoms with Gasteiger partial charge in [0, 0.05) is 19.3 Å². The molecule has 0 bridgehead atoms. The summed E-state index contributed by atoms with van der Waals surface area (Å²) in [5, 5.41) is 0. The maximum absolute atomic E-state index is 4.54. The molecule has 0 aliphatic carbocycles. The van der Waals surface area contributed by atoms with Crippen LogP contribution in [0.15, 0.2) is 23.3 Å². The fourth-order valence-corrected chi connectivity index (χ4v) is 1.95. The van der Waals surface area contributed by atoms with Gasteiger partial charge in [0.2, 0.25) is 0 Å². The van der Waals surface area contributed by atoms with E-state index in [1.165, 1.54) is 30.7 Å². The summed E-state index contributed by atoms with van der Waals surface area (Å²) in [6.07, 6.45) is 7.08. The fraction of sp³-hybridized carbons (Fsp3) is 0.583. The SMILES string of the molecule is CCCCn1cccc1C1=NCCC1. The lowest BCUT2D eigenvalue weighted by molar-refractivity contribution is 0.631. The summed E-state index contributed by atoms with van der Waals surface area (Å²) in [6.45, 7) is 4.39. The van der Waals surface area contributed by atoms with Gasteiger partial charge in [0.25, 0.3) is 0 Å². The molecule has 2 nitrogen and oxygen atoms in total. The Morgan fingerprint density at radius 1 is 1.50 bits per heavy atom. The summed E-state index contributed by atoms with van der Waals surface area (Å²) in [6, 6.07) is 4.33. The highest BCUT2D eigenvalue weighted by molar-refractivity contribution is 6.00. The zero-order valence-electron chi connectivity index (χ0n) is 8.87. The van der Waals surface area contributed by atoms with Crippen LogP contribution in [0.4, 0.5) is 0 Å². The van der Waals surface area contributed by atoms with Gasteiger partial charge >= 0.3 is 0 Å². The smallest absolute Gasteiger partial charge is 0.0620 e. The highest BCUT2D eigenvalue weighted by Crippen LogP contribution is 2.14. The van der Waals surface area contributed by atoms with E-state index in [-0.39, 0.29) is 0 Å². The van der Waals surface area contributed by atoms with Gasteiger partial charge in [-0.2, -0.15) is 0 Å². The molecule has 0 saturated heterocycles. The van der Waals surface area contributed by atoms with Gasteiger partial charge in [-0.15, -0.1) is 0 Å². The summed E-state index contributed by atoms with van der Waals surface area (Å²) in [7, 11) is 0. The molecule has 2 heteroatoms. The largest absolute Gasteiger partial charge is 0.347 e. The molecule has 2 rings (SSSR count). The lowest BCUT2D eigenvalue weighted by Crippen LogP contribution is -2.07. The van der Waals surface area contributed by atoms with Gasteiger partial charge in [-0.25, -0.2) is 0 Å². The molecule has 0 radical (unpaired) electrons. The van der Waals surface area contributed by atoms with Crippen LogP contribution in [0.2, 0.25) is 0 Å². The predicted octanol–water partition coefficient (Wildman–Crippen LogP) is 2.87. The van der Waals surface area contributed by atoms with Crippen LogP contribution in [0, 0.1) is 0 Å². The maximum Gasteiger partial charge on any atom is 0.0620 e. The summed E-state index contributed by atoms with van der Waals surface area (Å²) in [4.78, 5) is 4.54. The van der Waals surface area contributed by atoms with Crippen molar-refractivity contribution in [2.75, 3.05) is 6.54 Å². The first-order valence-corrected chi connectivity index (χ1v) is 5.60. The summed E-state index contributed by atoms with van der Waals surface area (Å²) in [5.41, 5.74) is 2.65. The average molecular weight is 190 g/mol. The highest BCUT2D eigenvalue weighted by atomic mass is 15.0. The molecule has 0 N–H and O–H groups in total. The van der Waals surface area contributed by atoms with Crippen molar-refractivity contribution in [2.24, 2.45) is 4.99 Å². The molecule has 0 spiro atoms. The first-order valence-electron chi connectivity index (χ1n) is 5.60. The lowest BCUT2D eigenvalue weighted by atomic mass is 10.2. The number of hydrogen-bond donors (Lipinski definition) is 0. The van der Waals surface area contributed by atoms with E-state index in [1.807, 2.05) is 0 Å². The van der Waals surface area contributed by atoms with Gasteiger partial charge in [-0.3, -0.25) is 4.99 Å². The third-order valence-electron chi connectivity index (χ3n) is 2.75. The number of aryl methyl sites for hydroxylation is 1. The minimum absolute atomic E-state index is 1.02. The number of aliphatic imine (C=N–C) groups is 1. The molecule has 0 unspecified atom stereocenters. The number of nitrogens with zero attached hydrogens (tertiary/aromatic N) is 2. The van der Waals surface area contributed by atoms with Gasteiger partial charge in [0.1, 0.15) is 0 Å². The second kappa shape index (κ2) is 4.45. The normalized spacial score (nSPS) is 15.9. The van der Waals surface area contributed by atoms with Crippen LogP contribution in [0.5, 0.6) is 0 Å². The standard InChI is InChI=1S/C12H18N2/c1-2-3-9-14-10-5-7-12(14)11-6-4-8-13-11/h5,7,10H,2-4,6,8-9H2,1H3. The van der Waals surface area contributed by atoms with Crippen LogP contribution in [0.3, 0.4) is 0 Å². The van der Waals surface area contributed by atoms with E-state index in [0.29, 0.717) is 0 Å². The predicted molar refractivity (Wildman–Crippen MR) is 60.0 cm³/mol. The second-order valence-electron chi connectivity index (χ2n) is 3.87. The Morgan fingerprint density at radius 2 is 2.43 bits per heavy atom. The number of aromatic nitrogens is 1. The minimum atomic E-state index is 1.02. The molecule has 0 fully saturated rings. The van der Waals surface area contributed by atoms with Crippen molar-refractivity contribution in [3.05, 3.63) is 24.0 Å². The fourth-order valence-electron chi connectivity index (χ4n) is 1.95. The molecule has 76 valence electrons. The summed E-state index contributed by atoms with van der Waals surface area (Å²) in [5.74, 6) is 0. The summed E-state index contributed by atoms with van der Waals surface area (Å²) >= 11 is 0. The van der Waals surface area contributed by atoms with Crippen LogP contribution in [-0.4, -0.2) is 16.8 Å². The van der Waals surface area contributed by atoms with Crippen molar-refractivity contribution in [3.8, 4) is 0 Å². The molecule has 14 heavy (non-hydrogen) atoms. The second-order valence-corrected chi connectivity index (χ2v) is 3.87. The first-order chi connectivity index (χ1) is 6.92. The third-order valence-corrected chi connectivity index (χ3v) is 2.75. The van der Waals surface area contributed by atoms with Crippen molar-refractivity contribution >= 4 is 5.71 Å². The zero-order chi connectivity index (χ0) is 9.80. The molecule has 0 saturated carbocycles. The van der Waals surface area contributed by atoms with Gasteiger partial charge < -0.3 is 4.57 Å². The number of hydrogen-bond acceptors (Lipinski definition) is 1. The van der Waals surface area contributed by atoms with E-state index >= 15 is 0 Å². The third kappa shape index (κ3) is 1.89. The average Bonchev–Trinajstić information content (AvgIpc) is 2.84. The van der Waals surface area contributed by atoms with E-state index in [4.69, 9.17) is 0 Å². The molecule has 0 atom stereocenters. The Kier molecular flexibility index (Phi) is 3.02. The van der Waals surface area contributed by atoms with Gasteiger partial charge in [0.05, 0.1) is 11.4 Å². The van der Waals surface area contributed by atoms with Gasteiger partial charge in [-0.1, -0.05) is 13.3 Å². The molecule has 0 amide bonds. The molecule has 1 aromatic rings. The Bertz CT molecular complexity index is 323. The maximum atomic E-state index is 4.54. The Labute approximate surface area is 85.7 Å². The van der Waals surface area contributed by atoms with Crippen molar-refractivity contribution in [1.82, 2.24) is 4.57 Å². The lowest BCUT2D eigenvalue weighted by Gasteiger charge is -2.07. The van der Waals surface area contributed by atoms with Crippen LogP contribution >= 0.6 is 0 Å². The van der Waals surface area contributed by atoms with Crippen molar-refractivity contribution in [1.29, 1.82) is 0 Å². The minimum Gasteiger partial charge on any atom is -0.347 e. The van der Waals surface area contributed by atoms with Crippen molar-refractivity contribution in [3.63, 3.8) is 0 Å². The molecule has 2 heterocycles.